The van der Waals surface area contributed by atoms with Crippen LogP contribution in [0, 0.1) is 0 Å². The fourth-order valence-electron chi connectivity index (χ4n) is 3.01. The summed E-state index contributed by atoms with van der Waals surface area (Å²) in [6.07, 6.45) is 1.96. The van der Waals surface area contributed by atoms with Gasteiger partial charge in [-0.3, -0.25) is 4.79 Å². The van der Waals surface area contributed by atoms with Crippen LogP contribution in [0.25, 0.3) is 0 Å². The largest absolute Gasteiger partial charge is 0.383 e. The van der Waals surface area contributed by atoms with Gasteiger partial charge in [0, 0.05) is 44.7 Å². The van der Waals surface area contributed by atoms with Crippen molar-refractivity contribution in [2.45, 2.75) is 39.4 Å². The van der Waals surface area contributed by atoms with Gasteiger partial charge < -0.3 is 24.4 Å². The molecule has 1 N–H and O–H groups in total. The van der Waals surface area contributed by atoms with Gasteiger partial charge in [0.2, 0.25) is 5.91 Å². The number of aromatic nitrogens is 1. The Morgan fingerprint density at radius 1 is 1.03 bits per heavy atom. The van der Waals surface area contributed by atoms with Crippen LogP contribution in [0.3, 0.4) is 0 Å². The minimum absolute atomic E-state index is 0.0114. The monoisotopic (exact) mass is 414 g/mol. The Morgan fingerprint density at radius 2 is 1.73 bits per heavy atom. The average molecular weight is 415 g/mol. The van der Waals surface area contributed by atoms with Crippen molar-refractivity contribution in [3.05, 3.63) is 59.9 Å². The predicted octanol–water partition coefficient (Wildman–Crippen LogP) is 3.01. The molecule has 0 saturated carbocycles. The highest BCUT2D eigenvalue weighted by Crippen LogP contribution is 2.12. The summed E-state index contributed by atoms with van der Waals surface area (Å²) in [4.78, 5) is 29.3. The normalized spacial score (nSPS) is 11.2. The van der Waals surface area contributed by atoms with Gasteiger partial charge in [0.15, 0.2) is 0 Å². The summed E-state index contributed by atoms with van der Waals surface area (Å²) in [5.74, 6) is -0.111. The van der Waals surface area contributed by atoms with Gasteiger partial charge in [0.05, 0.1) is 13.2 Å². The van der Waals surface area contributed by atoms with Crippen molar-refractivity contribution in [2.24, 2.45) is 7.05 Å². The van der Waals surface area contributed by atoms with Gasteiger partial charge in [-0.15, -0.1) is 0 Å². The lowest BCUT2D eigenvalue weighted by Crippen LogP contribution is -2.52. The second-order valence-corrected chi connectivity index (χ2v) is 8.44. The summed E-state index contributed by atoms with van der Waals surface area (Å²) in [5.41, 5.74) is 1.68. The number of urea groups is 1. The Labute approximate surface area is 179 Å². The molecule has 0 aliphatic carbocycles. The van der Waals surface area contributed by atoms with Crippen molar-refractivity contribution >= 4 is 11.9 Å². The summed E-state index contributed by atoms with van der Waals surface area (Å²) in [5, 5.41) is 2.93. The molecule has 7 heteroatoms. The van der Waals surface area contributed by atoms with Gasteiger partial charge in [-0.05, 0) is 38.5 Å². The summed E-state index contributed by atoms with van der Waals surface area (Å²) < 4.78 is 7.14. The summed E-state index contributed by atoms with van der Waals surface area (Å²) in [6, 6.07) is 13.6. The zero-order chi connectivity index (χ0) is 22.1. The maximum atomic E-state index is 13.3. The number of aryl methyl sites for hydroxylation is 1. The van der Waals surface area contributed by atoms with Crippen LogP contribution in [-0.4, -0.2) is 58.7 Å². The second-order valence-electron chi connectivity index (χ2n) is 8.44. The zero-order valence-corrected chi connectivity index (χ0v) is 18.7. The average Bonchev–Trinajstić information content (AvgIpc) is 3.08. The maximum Gasteiger partial charge on any atom is 0.318 e. The highest BCUT2D eigenvalue weighted by Gasteiger charge is 2.24. The lowest BCUT2D eigenvalue weighted by atomic mass is 10.1. The number of hydrogen-bond donors (Lipinski definition) is 1. The smallest absolute Gasteiger partial charge is 0.318 e. The molecule has 1 aromatic carbocycles. The second kappa shape index (κ2) is 10.8. The van der Waals surface area contributed by atoms with Crippen LogP contribution in [0.15, 0.2) is 48.7 Å². The van der Waals surface area contributed by atoms with Crippen LogP contribution < -0.4 is 5.32 Å². The van der Waals surface area contributed by atoms with E-state index >= 15 is 0 Å². The molecule has 0 spiro atoms. The molecule has 0 aliphatic heterocycles. The molecule has 0 fully saturated rings. The Hall–Kier alpha value is -2.80. The van der Waals surface area contributed by atoms with Crippen molar-refractivity contribution in [1.29, 1.82) is 0 Å². The molecule has 2 aromatic rings. The molecule has 3 amide bonds. The Morgan fingerprint density at radius 3 is 2.30 bits per heavy atom. The van der Waals surface area contributed by atoms with Gasteiger partial charge in [-0.1, -0.05) is 30.3 Å². The standard InChI is InChI=1S/C23H34N4O3/c1-23(2,3)24-22(29)26(14-15-30-5)18-21(28)27(16-19-10-7-6-8-11-19)17-20-12-9-13-25(20)4/h6-13H,14-18H2,1-5H3,(H,24,29). The highest BCUT2D eigenvalue weighted by molar-refractivity contribution is 5.84. The number of nitrogens with zero attached hydrogens (tertiary/aromatic N) is 3. The maximum absolute atomic E-state index is 13.3. The van der Waals surface area contributed by atoms with Crippen LogP contribution in [0.4, 0.5) is 4.79 Å². The fourth-order valence-corrected chi connectivity index (χ4v) is 3.01. The quantitative estimate of drug-likeness (QED) is 0.686. The summed E-state index contributed by atoms with van der Waals surface area (Å²) in [6.45, 7) is 7.38. The summed E-state index contributed by atoms with van der Waals surface area (Å²) in [7, 11) is 3.54. The molecule has 164 valence electrons. The number of benzene rings is 1. The molecule has 0 bridgehead atoms. The van der Waals surface area contributed by atoms with Crippen molar-refractivity contribution in [2.75, 3.05) is 26.8 Å². The lowest BCUT2D eigenvalue weighted by Gasteiger charge is -2.30. The van der Waals surface area contributed by atoms with Crippen LogP contribution in [0.2, 0.25) is 0 Å². The number of carbonyl (C=O) groups excluding carboxylic acids is 2. The topological polar surface area (TPSA) is 66.8 Å². The van der Waals surface area contributed by atoms with Crippen LogP contribution in [-0.2, 0) is 29.7 Å². The molecule has 0 saturated heterocycles. The number of carbonyl (C=O) groups is 2. The molecule has 0 radical (unpaired) electrons. The first kappa shape index (κ1) is 23.5. The number of methoxy groups -OCH3 is 1. The van der Waals surface area contributed by atoms with E-state index in [9.17, 15) is 9.59 Å². The Kier molecular flexibility index (Phi) is 8.47. The van der Waals surface area contributed by atoms with Crippen LogP contribution in [0.5, 0.6) is 0 Å². The molecule has 2 rings (SSSR count). The van der Waals surface area contributed by atoms with Crippen molar-refractivity contribution in [3.63, 3.8) is 0 Å². The van der Waals surface area contributed by atoms with Crippen LogP contribution >= 0.6 is 0 Å². The molecule has 1 heterocycles. The third kappa shape index (κ3) is 7.55. The van der Waals surface area contributed by atoms with Crippen molar-refractivity contribution in [3.8, 4) is 0 Å². The fraction of sp³-hybridized carbons (Fsp3) is 0.478. The van der Waals surface area contributed by atoms with E-state index in [0.29, 0.717) is 26.2 Å². The van der Waals surface area contributed by atoms with E-state index in [4.69, 9.17) is 4.74 Å². The molecular weight excluding hydrogens is 380 g/mol. The molecule has 0 unspecified atom stereocenters. The number of ether oxygens (including phenoxy) is 1. The number of rotatable bonds is 9. The van der Waals surface area contributed by atoms with Crippen molar-refractivity contribution < 1.29 is 14.3 Å². The van der Waals surface area contributed by atoms with Gasteiger partial charge >= 0.3 is 6.03 Å². The summed E-state index contributed by atoms with van der Waals surface area (Å²) >= 11 is 0. The number of hydrogen-bond acceptors (Lipinski definition) is 3. The van der Waals surface area contributed by atoms with E-state index in [1.165, 1.54) is 4.90 Å². The van der Waals surface area contributed by atoms with Gasteiger partial charge in [-0.2, -0.15) is 0 Å². The first-order chi connectivity index (χ1) is 14.2. The van der Waals surface area contributed by atoms with E-state index in [1.54, 1.807) is 12.0 Å². The van der Waals surface area contributed by atoms with E-state index < -0.39 is 5.54 Å². The van der Waals surface area contributed by atoms with Crippen LogP contribution in [0.1, 0.15) is 32.0 Å². The third-order valence-electron chi connectivity index (χ3n) is 4.63. The zero-order valence-electron chi connectivity index (χ0n) is 18.7. The molecule has 0 atom stereocenters. The number of nitrogens with one attached hydrogen (secondary N) is 1. The molecule has 30 heavy (non-hydrogen) atoms. The predicted molar refractivity (Wildman–Crippen MR) is 118 cm³/mol. The molecule has 7 nitrogen and oxygen atoms in total. The van der Waals surface area contributed by atoms with Gasteiger partial charge in [0.1, 0.15) is 6.54 Å². The Balaban J connectivity index is 2.18. The highest BCUT2D eigenvalue weighted by atomic mass is 16.5. The van der Waals surface area contributed by atoms with Gasteiger partial charge in [-0.25, -0.2) is 4.79 Å². The minimum Gasteiger partial charge on any atom is -0.383 e. The van der Waals surface area contributed by atoms with E-state index in [2.05, 4.69) is 5.32 Å². The van der Waals surface area contributed by atoms with Gasteiger partial charge in [0.25, 0.3) is 0 Å². The molecule has 0 aliphatic rings. The Bertz CT molecular complexity index is 811. The number of amides is 3. The first-order valence-electron chi connectivity index (χ1n) is 10.2. The third-order valence-corrected chi connectivity index (χ3v) is 4.63. The van der Waals surface area contributed by atoms with E-state index in [-0.39, 0.29) is 18.5 Å². The minimum atomic E-state index is -0.391. The SMILES string of the molecule is COCCN(CC(=O)N(Cc1ccccc1)Cc1cccn1C)C(=O)NC(C)(C)C. The lowest BCUT2D eigenvalue weighted by molar-refractivity contribution is -0.133. The van der Waals surface area contributed by atoms with E-state index in [0.717, 1.165) is 11.3 Å². The van der Waals surface area contributed by atoms with E-state index in [1.807, 2.05) is 81.0 Å². The van der Waals surface area contributed by atoms with Crippen molar-refractivity contribution in [1.82, 2.24) is 19.7 Å². The molecule has 1 aromatic heterocycles. The molecular formula is C23H34N4O3. The first-order valence-corrected chi connectivity index (χ1v) is 10.2.